The standard InChI is InChI=1S/C23H19ClN4O/c1-15(13-25)4-11-21(27-3)22(17-7-9-20(24)10-8-17)28-23(29)18-5-6-19(14-26)16(2)12-18/h4-12,22H,3H2,1-2H3,(H,28,29)/b15-4+,21-11-/t22-/m0/s1. The van der Waals surface area contributed by atoms with Gasteiger partial charge in [0.15, 0.2) is 0 Å². The largest absolute Gasteiger partial charge is 0.340 e. The number of aryl methyl sites for hydroxylation is 1. The van der Waals surface area contributed by atoms with Gasteiger partial charge in [-0.25, -0.2) is 0 Å². The Morgan fingerprint density at radius 1 is 1.21 bits per heavy atom. The van der Waals surface area contributed by atoms with Crippen molar-refractivity contribution in [2.45, 2.75) is 19.9 Å². The minimum atomic E-state index is -0.601. The molecule has 0 aliphatic rings. The van der Waals surface area contributed by atoms with Gasteiger partial charge in [0.05, 0.1) is 29.4 Å². The Bertz CT molecular complexity index is 1070. The highest BCUT2D eigenvalue weighted by molar-refractivity contribution is 6.30. The quantitative estimate of drug-likeness (QED) is 0.416. The van der Waals surface area contributed by atoms with Crippen LogP contribution in [0.1, 0.15) is 40.0 Å². The number of allylic oxidation sites excluding steroid dienone is 3. The van der Waals surface area contributed by atoms with E-state index in [1.165, 1.54) is 0 Å². The lowest BCUT2D eigenvalue weighted by Gasteiger charge is -2.20. The molecule has 6 heteroatoms. The summed E-state index contributed by atoms with van der Waals surface area (Å²) in [4.78, 5) is 16.9. The molecular formula is C23H19ClN4O. The summed E-state index contributed by atoms with van der Waals surface area (Å²) in [6.45, 7) is 7.05. The highest BCUT2D eigenvalue weighted by Crippen LogP contribution is 2.25. The van der Waals surface area contributed by atoms with Crippen molar-refractivity contribution in [2.75, 3.05) is 0 Å². The molecule has 0 heterocycles. The number of rotatable bonds is 6. The molecule has 2 aromatic rings. The summed E-state index contributed by atoms with van der Waals surface area (Å²) >= 11 is 5.99. The SMILES string of the molecule is C=N/C(=C\C=C(/C)C#N)[C@@H](NC(=O)c1ccc(C#N)c(C)c1)c1ccc(Cl)cc1. The van der Waals surface area contributed by atoms with Gasteiger partial charge in [0.1, 0.15) is 0 Å². The van der Waals surface area contributed by atoms with Crippen LogP contribution in [0.25, 0.3) is 0 Å². The van der Waals surface area contributed by atoms with Gasteiger partial charge in [0.2, 0.25) is 0 Å². The lowest BCUT2D eigenvalue weighted by atomic mass is 10.0. The highest BCUT2D eigenvalue weighted by atomic mass is 35.5. The molecule has 2 rings (SSSR count). The van der Waals surface area contributed by atoms with Gasteiger partial charge in [-0.05, 0) is 74.2 Å². The number of halogens is 1. The number of aliphatic imine (C=N–C) groups is 1. The van der Waals surface area contributed by atoms with Crippen molar-refractivity contribution in [1.82, 2.24) is 5.32 Å². The van der Waals surface area contributed by atoms with E-state index in [1.807, 2.05) is 6.07 Å². The van der Waals surface area contributed by atoms with Crippen LogP contribution >= 0.6 is 11.6 Å². The summed E-state index contributed by atoms with van der Waals surface area (Å²) in [5, 5.41) is 21.6. The van der Waals surface area contributed by atoms with E-state index in [-0.39, 0.29) is 5.91 Å². The molecule has 0 aliphatic carbocycles. The van der Waals surface area contributed by atoms with Crippen LogP contribution < -0.4 is 5.32 Å². The molecule has 0 saturated heterocycles. The zero-order valence-electron chi connectivity index (χ0n) is 16.1. The lowest BCUT2D eigenvalue weighted by Crippen LogP contribution is -2.29. The number of nitrogens with zero attached hydrogens (tertiary/aromatic N) is 3. The fraction of sp³-hybridized carbons (Fsp3) is 0.130. The first kappa shape index (κ1) is 21.6. The van der Waals surface area contributed by atoms with E-state index in [0.29, 0.717) is 33.0 Å². The van der Waals surface area contributed by atoms with Crippen LogP contribution in [0.3, 0.4) is 0 Å². The van der Waals surface area contributed by atoms with Gasteiger partial charge in [-0.1, -0.05) is 23.7 Å². The van der Waals surface area contributed by atoms with Crippen LogP contribution in [-0.4, -0.2) is 12.6 Å². The van der Waals surface area contributed by atoms with Crippen LogP contribution in [-0.2, 0) is 0 Å². The lowest BCUT2D eigenvalue weighted by molar-refractivity contribution is 0.0942. The molecule has 0 bridgehead atoms. The number of hydrogen-bond donors (Lipinski definition) is 1. The molecular weight excluding hydrogens is 384 g/mol. The second-order valence-corrected chi connectivity index (χ2v) is 6.75. The molecule has 29 heavy (non-hydrogen) atoms. The summed E-state index contributed by atoms with van der Waals surface area (Å²) < 4.78 is 0. The van der Waals surface area contributed by atoms with Gasteiger partial charge >= 0.3 is 0 Å². The van der Waals surface area contributed by atoms with Crippen molar-refractivity contribution < 1.29 is 4.79 Å². The van der Waals surface area contributed by atoms with E-state index >= 15 is 0 Å². The molecule has 0 fully saturated rings. The average molecular weight is 403 g/mol. The second kappa shape index (κ2) is 10.0. The summed E-state index contributed by atoms with van der Waals surface area (Å²) in [6, 6.07) is 15.4. The zero-order valence-corrected chi connectivity index (χ0v) is 16.9. The number of hydrogen-bond acceptors (Lipinski definition) is 4. The van der Waals surface area contributed by atoms with Gasteiger partial charge in [0, 0.05) is 16.2 Å². The van der Waals surface area contributed by atoms with Gasteiger partial charge in [-0.2, -0.15) is 10.5 Å². The third kappa shape index (κ3) is 5.65. The highest BCUT2D eigenvalue weighted by Gasteiger charge is 2.20. The smallest absolute Gasteiger partial charge is 0.252 e. The van der Waals surface area contributed by atoms with Crippen molar-refractivity contribution in [3.8, 4) is 12.1 Å². The third-order valence-electron chi connectivity index (χ3n) is 4.25. The van der Waals surface area contributed by atoms with Crippen LogP contribution in [0, 0.1) is 29.6 Å². The second-order valence-electron chi connectivity index (χ2n) is 6.31. The van der Waals surface area contributed by atoms with E-state index in [0.717, 1.165) is 5.56 Å². The molecule has 0 radical (unpaired) electrons. The van der Waals surface area contributed by atoms with Gasteiger partial charge in [-0.3, -0.25) is 9.79 Å². The summed E-state index contributed by atoms with van der Waals surface area (Å²) in [5.41, 5.74) is 3.38. The van der Waals surface area contributed by atoms with Crippen molar-refractivity contribution in [1.29, 1.82) is 10.5 Å². The zero-order chi connectivity index (χ0) is 21.4. The molecule has 0 saturated carbocycles. The van der Waals surface area contributed by atoms with E-state index < -0.39 is 6.04 Å². The first-order chi connectivity index (χ1) is 13.9. The first-order valence-corrected chi connectivity index (χ1v) is 9.09. The summed E-state index contributed by atoms with van der Waals surface area (Å²) in [5.74, 6) is -0.326. The van der Waals surface area contributed by atoms with E-state index in [9.17, 15) is 4.79 Å². The molecule has 1 atom stereocenters. The Morgan fingerprint density at radius 2 is 1.90 bits per heavy atom. The van der Waals surface area contributed by atoms with Crippen molar-refractivity contribution >= 4 is 24.2 Å². The molecule has 144 valence electrons. The van der Waals surface area contributed by atoms with Crippen LogP contribution in [0.5, 0.6) is 0 Å². The minimum Gasteiger partial charge on any atom is -0.340 e. The number of carbonyl (C=O) groups excluding carboxylic acids is 1. The Kier molecular flexibility index (Phi) is 7.48. The third-order valence-corrected chi connectivity index (χ3v) is 4.50. The molecule has 1 amide bonds. The molecule has 1 N–H and O–H groups in total. The predicted octanol–water partition coefficient (Wildman–Crippen LogP) is 5.05. The van der Waals surface area contributed by atoms with Gasteiger partial charge in [-0.15, -0.1) is 0 Å². The Hall–Kier alpha value is -3.67. The maximum Gasteiger partial charge on any atom is 0.252 e. The van der Waals surface area contributed by atoms with Gasteiger partial charge < -0.3 is 5.32 Å². The van der Waals surface area contributed by atoms with E-state index in [4.69, 9.17) is 22.1 Å². The Morgan fingerprint density at radius 3 is 2.45 bits per heavy atom. The molecule has 5 nitrogen and oxygen atoms in total. The van der Waals surface area contributed by atoms with Crippen LogP contribution in [0.4, 0.5) is 0 Å². The van der Waals surface area contributed by atoms with Crippen molar-refractivity contribution in [3.05, 3.63) is 93.2 Å². The maximum absolute atomic E-state index is 12.9. The number of benzene rings is 2. The van der Waals surface area contributed by atoms with E-state index in [2.05, 4.69) is 23.1 Å². The Labute approximate surface area is 175 Å². The monoisotopic (exact) mass is 402 g/mol. The van der Waals surface area contributed by atoms with E-state index in [1.54, 1.807) is 68.5 Å². The van der Waals surface area contributed by atoms with Crippen LogP contribution in [0.15, 0.2) is 70.9 Å². The number of nitriles is 2. The summed E-state index contributed by atoms with van der Waals surface area (Å²) in [6.07, 6.45) is 3.26. The topological polar surface area (TPSA) is 89.0 Å². The molecule has 2 aromatic carbocycles. The van der Waals surface area contributed by atoms with Crippen molar-refractivity contribution in [3.63, 3.8) is 0 Å². The van der Waals surface area contributed by atoms with Gasteiger partial charge in [0.25, 0.3) is 5.91 Å². The number of carbonyl (C=O) groups is 1. The molecule has 0 aliphatic heterocycles. The average Bonchev–Trinajstić information content (AvgIpc) is 2.73. The fourth-order valence-electron chi connectivity index (χ4n) is 2.62. The maximum atomic E-state index is 12.9. The van der Waals surface area contributed by atoms with Crippen LogP contribution in [0.2, 0.25) is 5.02 Å². The molecule has 0 unspecified atom stereocenters. The minimum absolute atomic E-state index is 0.326. The Balaban J connectivity index is 2.44. The predicted molar refractivity (Wildman–Crippen MR) is 115 cm³/mol. The van der Waals surface area contributed by atoms with Crippen molar-refractivity contribution in [2.24, 2.45) is 4.99 Å². The summed E-state index contributed by atoms with van der Waals surface area (Å²) in [7, 11) is 0. The molecule has 0 spiro atoms. The number of nitrogens with one attached hydrogen (secondary N) is 1. The normalized spacial score (nSPS) is 12.4. The molecule has 0 aromatic heterocycles. The first-order valence-electron chi connectivity index (χ1n) is 8.72. The fourth-order valence-corrected chi connectivity index (χ4v) is 2.74. The number of amides is 1.